The minimum atomic E-state index is -2.76. The monoisotopic (exact) mass is 290 g/mol. The second kappa shape index (κ2) is 6.67. The first kappa shape index (κ1) is 14.7. The number of para-hydroxylation sites is 1. The van der Waals surface area contributed by atoms with Crippen molar-refractivity contribution in [3.8, 4) is 11.5 Å². The van der Waals surface area contributed by atoms with Crippen LogP contribution < -0.4 is 9.92 Å². The van der Waals surface area contributed by atoms with Gasteiger partial charge < -0.3 is 18.0 Å². The lowest BCUT2D eigenvalue weighted by Crippen LogP contribution is -2.54. The van der Waals surface area contributed by atoms with Crippen molar-refractivity contribution in [1.82, 2.24) is 0 Å². The molecule has 2 rings (SSSR count). The standard InChI is InChI=1S/C15H18O4Si/c1-16-20(17-2,18-3)15-11-9-14(10-12-15)19-13-7-5-4-6-8-13/h4-12H,1-3H3. The first-order valence-electron chi connectivity index (χ1n) is 6.23. The van der Waals surface area contributed by atoms with E-state index in [1.807, 2.05) is 54.6 Å². The van der Waals surface area contributed by atoms with Gasteiger partial charge >= 0.3 is 8.80 Å². The zero-order chi connectivity index (χ0) is 14.4. The molecule has 0 amide bonds. The Hall–Kier alpha value is -1.66. The molecule has 0 fully saturated rings. The largest absolute Gasteiger partial charge is 0.536 e. The van der Waals surface area contributed by atoms with Crippen molar-refractivity contribution in [2.75, 3.05) is 21.3 Å². The fourth-order valence-electron chi connectivity index (χ4n) is 1.96. The molecule has 2 aromatic rings. The molecule has 0 heterocycles. The fourth-order valence-corrected chi connectivity index (χ4v) is 3.74. The molecule has 2 aromatic carbocycles. The number of ether oxygens (including phenoxy) is 1. The molecule has 4 nitrogen and oxygen atoms in total. The van der Waals surface area contributed by atoms with Crippen molar-refractivity contribution in [1.29, 1.82) is 0 Å². The van der Waals surface area contributed by atoms with Gasteiger partial charge in [0.25, 0.3) is 0 Å². The minimum Gasteiger partial charge on any atom is -0.457 e. The molecule has 0 saturated carbocycles. The predicted octanol–water partition coefficient (Wildman–Crippen LogP) is 2.56. The fraction of sp³-hybridized carbons (Fsp3) is 0.200. The highest BCUT2D eigenvalue weighted by Crippen LogP contribution is 2.20. The summed E-state index contributed by atoms with van der Waals surface area (Å²) in [5.41, 5.74) is 0. The molecule has 0 atom stereocenters. The molecule has 0 aliphatic heterocycles. The Bertz CT molecular complexity index is 515. The van der Waals surface area contributed by atoms with Crippen molar-refractivity contribution < 1.29 is 18.0 Å². The van der Waals surface area contributed by atoms with Gasteiger partial charge in [-0.05, 0) is 24.3 Å². The summed E-state index contributed by atoms with van der Waals surface area (Å²) in [6.45, 7) is 0. The molecule has 0 saturated heterocycles. The summed E-state index contributed by atoms with van der Waals surface area (Å²) in [5.74, 6) is 1.56. The summed E-state index contributed by atoms with van der Waals surface area (Å²) in [6, 6.07) is 17.2. The Balaban J connectivity index is 2.18. The maximum absolute atomic E-state index is 5.74. The van der Waals surface area contributed by atoms with Crippen LogP contribution in [0.15, 0.2) is 54.6 Å². The summed E-state index contributed by atoms with van der Waals surface area (Å²) >= 11 is 0. The van der Waals surface area contributed by atoms with Crippen LogP contribution in [0.3, 0.4) is 0 Å². The number of rotatable bonds is 6. The van der Waals surface area contributed by atoms with Crippen molar-refractivity contribution in [3.05, 3.63) is 54.6 Å². The van der Waals surface area contributed by atoms with Gasteiger partial charge in [-0.15, -0.1) is 0 Å². The van der Waals surface area contributed by atoms with Gasteiger partial charge in [0.15, 0.2) is 0 Å². The average molecular weight is 290 g/mol. The van der Waals surface area contributed by atoms with Gasteiger partial charge in [0.05, 0.1) is 0 Å². The lowest BCUT2D eigenvalue weighted by molar-refractivity contribution is 0.140. The Labute approximate surface area is 120 Å². The predicted molar refractivity (Wildman–Crippen MR) is 79.4 cm³/mol. The molecule has 0 aliphatic rings. The Morgan fingerprint density at radius 1 is 0.650 bits per heavy atom. The Kier molecular flexibility index (Phi) is 4.92. The van der Waals surface area contributed by atoms with Gasteiger partial charge in [0.1, 0.15) is 11.5 Å². The van der Waals surface area contributed by atoms with Gasteiger partial charge in [-0.1, -0.05) is 30.3 Å². The van der Waals surface area contributed by atoms with Crippen LogP contribution in [-0.2, 0) is 13.3 Å². The molecule has 0 unspecified atom stereocenters. The first-order valence-corrected chi connectivity index (χ1v) is 7.95. The minimum absolute atomic E-state index is 0.756. The summed E-state index contributed by atoms with van der Waals surface area (Å²) in [6.07, 6.45) is 0. The average Bonchev–Trinajstić information content (AvgIpc) is 2.52. The molecule has 5 heteroatoms. The van der Waals surface area contributed by atoms with E-state index in [4.69, 9.17) is 18.0 Å². The van der Waals surface area contributed by atoms with Crippen LogP contribution in [0.1, 0.15) is 0 Å². The first-order chi connectivity index (χ1) is 9.74. The Morgan fingerprint density at radius 3 is 1.65 bits per heavy atom. The second-order valence-corrected chi connectivity index (χ2v) is 7.02. The van der Waals surface area contributed by atoms with E-state index >= 15 is 0 Å². The lowest BCUT2D eigenvalue weighted by atomic mass is 10.3. The van der Waals surface area contributed by atoms with Crippen molar-refractivity contribution >= 4 is 14.0 Å². The summed E-state index contributed by atoms with van der Waals surface area (Å²) in [5, 5.41) is 0.894. The van der Waals surface area contributed by atoms with Gasteiger partial charge in [0, 0.05) is 26.5 Å². The van der Waals surface area contributed by atoms with Gasteiger partial charge in [-0.3, -0.25) is 0 Å². The number of hydrogen-bond donors (Lipinski definition) is 0. The van der Waals surface area contributed by atoms with E-state index < -0.39 is 8.80 Å². The zero-order valence-electron chi connectivity index (χ0n) is 11.8. The third kappa shape index (κ3) is 3.08. The van der Waals surface area contributed by atoms with Crippen molar-refractivity contribution in [2.45, 2.75) is 0 Å². The molecule has 0 aromatic heterocycles. The molecule has 106 valence electrons. The number of benzene rings is 2. The third-order valence-corrected chi connectivity index (χ3v) is 5.65. The smallest absolute Gasteiger partial charge is 0.457 e. The highest BCUT2D eigenvalue weighted by Gasteiger charge is 2.40. The van der Waals surface area contributed by atoms with Crippen molar-refractivity contribution in [3.63, 3.8) is 0 Å². The van der Waals surface area contributed by atoms with E-state index in [1.54, 1.807) is 21.3 Å². The van der Waals surface area contributed by atoms with Crippen LogP contribution in [0.4, 0.5) is 0 Å². The third-order valence-electron chi connectivity index (χ3n) is 2.99. The van der Waals surface area contributed by atoms with E-state index in [9.17, 15) is 0 Å². The zero-order valence-corrected chi connectivity index (χ0v) is 12.8. The van der Waals surface area contributed by atoms with Crippen LogP contribution in [0.2, 0.25) is 0 Å². The second-order valence-electron chi connectivity index (χ2n) is 4.11. The number of hydrogen-bond acceptors (Lipinski definition) is 4. The molecule has 0 spiro atoms. The van der Waals surface area contributed by atoms with Crippen LogP contribution in [0, 0.1) is 0 Å². The van der Waals surface area contributed by atoms with Gasteiger partial charge in [-0.2, -0.15) is 0 Å². The summed E-state index contributed by atoms with van der Waals surface area (Å²) in [4.78, 5) is 0. The summed E-state index contributed by atoms with van der Waals surface area (Å²) in [7, 11) is 2.01. The maximum atomic E-state index is 5.74. The normalized spacial score (nSPS) is 11.3. The van der Waals surface area contributed by atoms with E-state index in [0.717, 1.165) is 16.7 Å². The van der Waals surface area contributed by atoms with Crippen LogP contribution >= 0.6 is 0 Å². The summed E-state index contributed by atoms with van der Waals surface area (Å²) < 4.78 is 22.0. The molecular formula is C15H18O4Si. The van der Waals surface area contributed by atoms with Crippen LogP contribution in [-0.4, -0.2) is 30.1 Å². The van der Waals surface area contributed by atoms with Gasteiger partial charge in [-0.25, -0.2) is 0 Å². The van der Waals surface area contributed by atoms with E-state index in [2.05, 4.69) is 0 Å². The van der Waals surface area contributed by atoms with E-state index in [1.165, 1.54) is 0 Å². The lowest BCUT2D eigenvalue weighted by Gasteiger charge is -2.24. The maximum Gasteiger partial charge on any atom is 0.536 e. The van der Waals surface area contributed by atoms with Crippen LogP contribution in [0.5, 0.6) is 11.5 Å². The van der Waals surface area contributed by atoms with Gasteiger partial charge in [0.2, 0.25) is 0 Å². The molecule has 0 N–H and O–H groups in total. The quantitative estimate of drug-likeness (QED) is 0.766. The van der Waals surface area contributed by atoms with Crippen molar-refractivity contribution in [2.24, 2.45) is 0 Å². The molecule has 0 aliphatic carbocycles. The molecule has 20 heavy (non-hydrogen) atoms. The van der Waals surface area contributed by atoms with E-state index in [-0.39, 0.29) is 0 Å². The highest BCUT2D eigenvalue weighted by atomic mass is 28.4. The topological polar surface area (TPSA) is 36.9 Å². The molecule has 0 bridgehead atoms. The molecule has 0 radical (unpaired) electrons. The Morgan fingerprint density at radius 2 is 1.15 bits per heavy atom. The SMILES string of the molecule is CO[Si](OC)(OC)c1ccc(Oc2ccccc2)cc1. The highest BCUT2D eigenvalue weighted by molar-refractivity contribution is 6.75. The van der Waals surface area contributed by atoms with Crippen LogP contribution in [0.25, 0.3) is 0 Å². The molecular weight excluding hydrogens is 272 g/mol. The van der Waals surface area contributed by atoms with E-state index in [0.29, 0.717) is 0 Å².